The van der Waals surface area contributed by atoms with Gasteiger partial charge in [0.2, 0.25) is 5.91 Å². The molecular weight excluding hydrogens is 288 g/mol. The van der Waals surface area contributed by atoms with E-state index >= 15 is 0 Å². The predicted octanol–water partition coefficient (Wildman–Crippen LogP) is 2.37. The van der Waals surface area contributed by atoms with E-state index in [0.29, 0.717) is 0 Å². The van der Waals surface area contributed by atoms with Crippen LogP contribution in [0.1, 0.15) is 20.3 Å². The molecule has 5 nitrogen and oxygen atoms in total. The van der Waals surface area contributed by atoms with E-state index in [1.807, 2.05) is 0 Å². The quantitative estimate of drug-likeness (QED) is 0.924. The zero-order valence-corrected chi connectivity index (χ0v) is 12.0. The van der Waals surface area contributed by atoms with Gasteiger partial charge in [-0.05, 0) is 32.0 Å². The van der Waals surface area contributed by atoms with Gasteiger partial charge in [0.05, 0.1) is 26.9 Å². The topological polar surface area (TPSA) is 87.0 Å². The van der Waals surface area contributed by atoms with Crippen LogP contribution in [0.3, 0.4) is 0 Å². The lowest BCUT2D eigenvalue weighted by Gasteiger charge is -2.11. The molecule has 0 aliphatic rings. The Morgan fingerprint density at radius 1 is 1.47 bits per heavy atom. The van der Waals surface area contributed by atoms with Gasteiger partial charge in [0.25, 0.3) is 0 Å². The number of amides is 1. The van der Waals surface area contributed by atoms with E-state index in [-0.39, 0.29) is 22.0 Å². The summed E-state index contributed by atoms with van der Waals surface area (Å²) in [6.07, 6.45) is -0.322. The van der Waals surface area contributed by atoms with Crippen molar-refractivity contribution in [3.63, 3.8) is 0 Å². The Bertz CT molecular complexity index is 633. The van der Waals surface area contributed by atoms with Crippen molar-refractivity contribution in [1.82, 2.24) is 0 Å². The maximum absolute atomic E-state index is 12.0. The first-order valence-corrected chi connectivity index (χ1v) is 7.41. The summed E-state index contributed by atoms with van der Waals surface area (Å²) >= 11 is 5.88. The summed E-state index contributed by atoms with van der Waals surface area (Å²) in [7, 11) is -3.44. The van der Waals surface area contributed by atoms with Crippen molar-refractivity contribution in [3.8, 4) is 6.07 Å². The SMILES string of the molecule is CC(C)S(=O)(=O)c1ccc(Cl)c(NC(=O)CC#N)c1. The van der Waals surface area contributed by atoms with Gasteiger partial charge in [0.15, 0.2) is 9.84 Å². The second-order valence-corrected chi connectivity index (χ2v) is 7.03. The number of nitrogens with zero attached hydrogens (tertiary/aromatic N) is 1. The largest absolute Gasteiger partial charge is 0.324 e. The molecule has 19 heavy (non-hydrogen) atoms. The minimum absolute atomic E-state index is 0.0826. The van der Waals surface area contributed by atoms with Gasteiger partial charge in [-0.1, -0.05) is 11.6 Å². The highest BCUT2D eigenvalue weighted by atomic mass is 35.5. The summed E-state index contributed by atoms with van der Waals surface area (Å²) in [5.41, 5.74) is 0.184. The Balaban J connectivity index is 3.16. The van der Waals surface area contributed by atoms with Crippen LogP contribution in [0.5, 0.6) is 0 Å². The number of halogens is 1. The highest BCUT2D eigenvalue weighted by Crippen LogP contribution is 2.27. The molecule has 0 spiro atoms. The summed E-state index contributed by atoms with van der Waals surface area (Å²) in [4.78, 5) is 11.4. The Hall–Kier alpha value is -1.58. The van der Waals surface area contributed by atoms with Crippen LogP contribution in [0.25, 0.3) is 0 Å². The molecule has 1 aromatic carbocycles. The molecule has 0 aliphatic carbocycles. The van der Waals surface area contributed by atoms with Crippen molar-refractivity contribution in [2.24, 2.45) is 0 Å². The Kier molecular flexibility index (Phi) is 4.92. The maximum atomic E-state index is 12.0. The zero-order valence-electron chi connectivity index (χ0n) is 10.5. The van der Waals surface area contributed by atoms with Gasteiger partial charge in [-0.15, -0.1) is 0 Å². The highest BCUT2D eigenvalue weighted by Gasteiger charge is 2.20. The summed E-state index contributed by atoms with van der Waals surface area (Å²) in [6, 6.07) is 5.78. The summed E-state index contributed by atoms with van der Waals surface area (Å²) in [5.74, 6) is -0.538. The average molecular weight is 301 g/mol. The second-order valence-electron chi connectivity index (χ2n) is 4.12. The van der Waals surface area contributed by atoms with E-state index in [4.69, 9.17) is 16.9 Å². The fourth-order valence-electron chi connectivity index (χ4n) is 1.32. The second kappa shape index (κ2) is 6.04. The van der Waals surface area contributed by atoms with Gasteiger partial charge < -0.3 is 5.32 Å². The molecule has 0 fully saturated rings. The molecule has 0 bridgehead atoms. The third-order valence-corrected chi connectivity index (χ3v) is 4.88. The smallest absolute Gasteiger partial charge is 0.238 e. The Morgan fingerprint density at radius 2 is 2.11 bits per heavy atom. The molecule has 0 saturated heterocycles. The number of anilines is 1. The van der Waals surface area contributed by atoms with Crippen molar-refractivity contribution in [3.05, 3.63) is 23.2 Å². The van der Waals surface area contributed by atoms with Crippen LogP contribution < -0.4 is 5.32 Å². The van der Waals surface area contributed by atoms with E-state index < -0.39 is 21.0 Å². The lowest BCUT2D eigenvalue weighted by molar-refractivity contribution is -0.115. The van der Waals surface area contributed by atoms with Gasteiger partial charge in [-0.25, -0.2) is 8.42 Å². The fraction of sp³-hybridized carbons (Fsp3) is 0.333. The maximum Gasteiger partial charge on any atom is 0.238 e. The summed E-state index contributed by atoms with van der Waals surface area (Å²) < 4.78 is 24.0. The Morgan fingerprint density at radius 3 is 2.63 bits per heavy atom. The number of hydrogen-bond acceptors (Lipinski definition) is 4. The third-order valence-electron chi connectivity index (χ3n) is 2.40. The molecule has 1 amide bonds. The molecule has 0 radical (unpaired) electrons. The van der Waals surface area contributed by atoms with Crippen molar-refractivity contribution in [1.29, 1.82) is 5.26 Å². The van der Waals surface area contributed by atoms with E-state index in [9.17, 15) is 13.2 Å². The van der Waals surface area contributed by atoms with E-state index in [0.717, 1.165) is 0 Å². The van der Waals surface area contributed by atoms with Crippen LogP contribution in [-0.4, -0.2) is 19.6 Å². The number of carbonyl (C=O) groups excluding carboxylic acids is 1. The minimum Gasteiger partial charge on any atom is -0.324 e. The van der Waals surface area contributed by atoms with Crippen molar-refractivity contribution < 1.29 is 13.2 Å². The number of benzene rings is 1. The molecule has 1 N–H and O–H groups in total. The minimum atomic E-state index is -3.44. The Labute approximate surface area is 117 Å². The van der Waals surface area contributed by atoms with Crippen molar-refractivity contribution in [2.75, 3.05) is 5.32 Å². The van der Waals surface area contributed by atoms with Crippen LogP contribution in [0, 0.1) is 11.3 Å². The zero-order chi connectivity index (χ0) is 14.6. The van der Waals surface area contributed by atoms with E-state index in [1.54, 1.807) is 19.9 Å². The van der Waals surface area contributed by atoms with Crippen LogP contribution in [0.15, 0.2) is 23.1 Å². The third kappa shape index (κ3) is 3.69. The lowest BCUT2D eigenvalue weighted by Crippen LogP contribution is -2.15. The van der Waals surface area contributed by atoms with Crippen LogP contribution in [0.2, 0.25) is 5.02 Å². The van der Waals surface area contributed by atoms with E-state index in [2.05, 4.69) is 5.32 Å². The van der Waals surface area contributed by atoms with Gasteiger partial charge in [-0.2, -0.15) is 5.26 Å². The van der Waals surface area contributed by atoms with Gasteiger partial charge in [-0.3, -0.25) is 4.79 Å². The number of sulfone groups is 1. The molecular formula is C12H13ClN2O3S. The van der Waals surface area contributed by atoms with E-state index in [1.165, 1.54) is 18.2 Å². The summed E-state index contributed by atoms with van der Waals surface area (Å²) in [6.45, 7) is 3.13. The van der Waals surface area contributed by atoms with Crippen LogP contribution in [0.4, 0.5) is 5.69 Å². The first-order valence-electron chi connectivity index (χ1n) is 5.49. The molecule has 102 valence electrons. The molecule has 1 aromatic rings. The molecule has 0 aliphatic heterocycles. The molecule has 0 saturated carbocycles. The highest BCUT2D eigenvalue weighted by molar-refractivity contribution is 7.92. The molecule has 0 aromatic heterocycles. The van der Waals surface area contributed by atoms with Gasteiger partial charge in [0, 0.05) is 0 Å². The predicted molar refractivity (Wildman–Crippen MR) is 72.6 cm³/mol. The van der Waals surface area contributed by atoms with Crippen molar-refractivity contribution >= 4 is 33.0 Å². The number of nitriles is 1. The first kappa shape index (κ1) is 15.5. The van der Waals surface area contributed by atoms with Crippen molar-refractivity contribution in [2.45, 2.75) is 30.4 Å². The van der Waals surface area contributed by atoms with Crippen LogP contribution in [-0.2, 0) is 14.6 Å². The standard InChI is InChI=1S/C12H13ClN2O3S/c1-8(2)19(17,18)9-3-4-10(13)11(7-9)15-12(16)5-6-14/h3-4,7-8H,5H2,1-2H3,(H,15,16). The first-order chi connectivity index (χ1) is 8.78. The normalized spacial score (nSPS) is 11.1. The summed E-state index contributed by atoms with van der Waals surface area (Å²) in [5, 5.41) is 10.4. The molecule has 0 unspecified atom stereocenters. The van der Waals surface area contributed by atoms with Gasteiger partial charge >= 0.3 is 0 Å². The molecule has 0 heterocycles. The molecule has 0 atom stereocenters. The number of hydrogen-bond donors (Lipinski definition) is 1. The number of rotatable bonds is 4. The average Bonchev–Trinajstić information content (AvgIpc) is 2.31. The number of nitrogens with one attached hydrogen (secondary N) is 1. The lowest BCUT2D eigenvalue weighted by atomic mass is 10.3. The fourth-order valence-corrected chi connectivity index (χ4v) is 2.56. The van der Waals surface area contributed by atoms with Gasteiger partial charge in [0.1, 0.15) is 6.42 Å². The molecule has 7 heteroatoms. The number of carbonyl (C=O) groups is 1. The molecule has 1 rings (SSSR count). The van der Waals surface area contributed by atoms with Crippen LogP contribution >= 0.6 is 11.6 Å². The monoisotopic (exact) mass is 300 g/mol.